The van der Waals surface area contributed by atoms with Crippen molar-refractivity contribution in [2.75, 3.05) is 0 Å². The number of hydrogen-bond acceptors (Lipinski definition) is 2. The first-order valence-electron chi connectivity index (χ1n) is 3.43. The quantitative estimate of drug-likeness (QED) is 0.586. The lowest BCUT2D eigenvalue weighted by atomic mass is 10.1. The molecule has 11 heavy (non-hydrogen) atoms. The van der Waals surface area contributed by atoms with Crippen molar-refractivity contribution >= 4 is 28.4 Å². The van der Waals surface area contributed by atoms with Crippen LogP contribution in [-0.4, -0.2) is 18.5 Å². The lowest BCUT2D eigenvalue weighted by Gasteiger charge is -2.08. The van der Waals surface area contributed by atoms with Crippen LogP contribution < -0.4 is 0 Å². The third kappa shape index (κ3) is 1.09. The molecule has 0 aromatic heterocycles. The molecule has 0 aliphatic carbocycles. The lowest BCUT2D eigenvalue weighted by Crippen LogP contribution is -2.05. The predicted octanol–water partition coefficient (Wildman–Crippen LogP) is 2.08. The lowest BCUT2D eigenvalue weighted by molar-refractivity contribution is 0.948. The van der Waals surface area contributed by atoms with E-state index in [1.807, 2.05) is 19.4 Å². The van der Waals surface area contributed by atoms with Crippen molar-refractivity contribution in [1.29, 1.82) is 0 Å². The Labute approximate surface area is 73.6 Å². The van der Waals surface area contributed by atoms with Crippen LogP contribution in [0.5, 0.6) is 0 Å². The van der Waals surface area contributed by atoms with Crippen LogP contribution in [0, 0.1) is 0 Å². The smallest absolute Gasteiger partial charge is 0.112 e. The highest BCUT2D eigenvalue weighted by molar-refractivity contribution is 9.12. The van der Waals surface area contributed by atoms with E-state index in [1.165, 1.54) is 5.57 Å². The molecule has 0 amide bonds. The molecule has 0 spiro atoms. The summed E-state index contributed by atoms with van der Waals surface area (Å²) in [6.07, 6.45) is 5.73. The molecule has 0 radical (unpaired) electrons. The fourth-order valence-electron chi connectivity index (χ4n) is 1.19. The van der Waals surface area contributed by atoms with Gasteiger partial charge in [0, 0.05) is 16.9 Å². The standard InChI is InChI=1S/C8H7BrN2/c1-5-3-10-7-2-6(9)4-11-8(5)7/h2-4,7H,1H3/t7-/m1/s1. The van der Waals surface area contributed by atoms with Gasteiger partial charge in [-0.25, -0.2) is 0 Å². The van der Waals surface area contributed by atoms with Crippen LogP contribution in [0.3, 0.4) is 0 Å². The first-order chi connectivity index (χ1) is 5.27. The van der Waals surface area contributed by atoms with Crippen molar-refractivity contribution in [2.45, 2.75) is 13.0 Å². The van der Waals surface area contributed by atoms with E-state index < -0.39 is 0 Å². The molecule has 0 saturated carbocycles. The molecule has 0 fully saturated rings. The molecule has 0 bridgehead atoms. The first-order valence-corrected chi connectivity index (χ1v) is 4.22. The van der Waals surface area contributed by atoms with E-state index >= 15 is 0 Å². The fourth-order valence-corrected chi connectivity index (χ4v) is 1.54. The molecule has 0 aromatic rings. The molecule has 1 atom stereocenters. The maximum atomic E-state index is 4.27. The highest BCUT2D eigenvalue weighted by Gasteiger charge is 2.19. The van der Waals surface area contributed by atoms with Gasteiger partial charge in [0.05, 0.1) is 5.70 Å². The summed E-state index contributed by atoms with van der Waals surface area (Å²) in [5.74, 6) is 0. The van der Waals surface area contributed by atoms with Crippen molar-refractivity contribution in [3.05, 3.63) is 21.8 Å². The van der Waals surface area contributed by atoms with Crippen LogP contribution >= 0.6 is 15.9 Å². The minimum absolute atomic E-state index is 0.161. The summed E-state index contributed by atoms with van der Waals surface area (Å²) in [6, 6.07) is 0.161. The summed E-state index contributed by atoms with van der Waals surface area (Å²) < 4.78 is 1.01. The summed E-state index contributed by atoms with van der Waals surface area (Å²) in [5, 5.41) is 0. The van der Waals surface area contributed by atoms with Crippen molar-refractivity contribution < 1.29 is 0 Å². The summed E-state index contributed by atoms with van der Waals surface area (Å²) in [5.41, 5.74) is 2.25. The Morgan fingerprint density at radius 1 is 1.45 bits per heavy atom. The Kier molecular flexibility index (Phi) is 1.53. The van der Waals surface area contributed by atoms with Crippen molar-refractivity contribution in [2.24, 2.45) is 9.98 Å². The number of rotatable bonds is 0. The maximum Gasteiger partial charge on any atom is 0.112 e. The third-order valence-electron chi connectivity index (χ3n) is 1.76. The van der Waals surface area contributed by atoms with Gasteiger partial charge in [0.2, 0.25) is 0 Å². The number of aliphatic imine (C=N–C) groups is 2. The van der Waals surface area contributed by atoms with Gasteiger partial charge in [-0.3, -0.25) is 9.98 Å². The van der Waals surface area contributed by atoms with Gasteiger partial charge in [-0.1, -0.05) is 0 Å². The highest BCUT2D eigenvalue weighted by atomic mass is 79.9. The number of hydrogen-bond donors (Lipinski definition) is 0. The Hall–Kier alpha value is -0.700. The van der Waals surface area contributed by atoms with Gasteiger partial charge in [-0.05, 0) is 34.5 Å². The van der Waals surface area contributed by atoms with Gasteiger partial charge < -0.3 is 0 Å². The molecular weight excluding hydrogens is 204 g/mol. The zero-order valence-electron chi connectivity index (χ0n) is 6.08. The summed E-state index contributed by atoms with van der Waals surface area (Å²) >= 11 is 3.36. The number of halogens is 1. The predicted molar refractivity (Wildman–Crippen MR) is 50.5 cm³/mol. The average molecular weight is 211 g/mol. The van der Waals surface area contributed by atoms with Gasteiger partial charge >= 0.3 is 0 Å². The van der Waals surface area contributed by atoms with Crippen LogP contribution in [0.2, 0.25) is 0 Å². The SMILES string of the molecule is CC1=C2N=CC(Br)=C[C@H]2N=C1. The van der Waals surface area contributed by atoms with E-state index in [0.717, 1.165) is 10.2 Å². The number of dihydropyridines is 1. The second-order valence-electron chi connectivity index (χ2n) is 2.60. The van der Waals surface area contributed by atoms with Crippen LogP contribution in [0.25, 0.3) is 0 Å². The van der Waals surface area contributed by atoms with Gasteiger partial charge in [-0.15, -0.1) is 0 Å². The minimum atomic E-state index is 0.161. The van der Waals surface area contributed by atoms with E-state index in [0.29, 0.717) is 0 Å². The van der Waals surface area contributed by atoms with Gasteiger partial charge in [0.25, 0.3) is 0 Å². The molecular formula is C8H7BrN2. The first kappa shape index (κ1) is 6.98. The Morgan fingerprint density at radius 2 is 2.27 bits per heavy atom. The molecule has 2 rings (SSSR count). The zero-order valence-corrected chi connectivity index (χ0v) is 7.67. The van der Waals surface area contributed by atoms with Crippen LogP contribution in [0.4, 0.5) is 0 Å². The summed E-state index contributed by atoms with van der Waals surface area (Å²) in [7, 11) is 0. The van der Waals surface area contributed by atoms with Crippen molar-refractivity contribution in [3.8, 4) is 0 Å². The van der Waals surface area contributed by atoms with Gasteiger partial charge in [0.15, 0.2) is 0 Å². The van der Waals surface area contributed by atoms with E-state index in [1.54, 1.807) is 0 Å². The Bertz CT molecular complexity index is 310. The third-order valence-corrected chi connectivity index (χ3v) is 2.23. The van der Waals surface area contributed by atoms with Crippen LogP contribution in [-0.2, 0) is 0 Å². The van der Waals surface area contributed by atoms with Gasteiger partial charge in [-0.2, -0.15) is 0 Å². The number of fused-ring (bicyclic) bond motifs is 1. The zero-order chi connectivity index (χ0) is 7.84. The summed E-state index contributed by atoms with van der Waals surface area (Å²) in [6.45, 7) is 2.03. The van der Waals surface area contributed by atoms with E-state index in [2.05, 4.69) is 32.0 Å². The molecule has 56 valence electrons. The second kappa shape index (κ2) is 2.41. The van der Waals surface area contributed by atoms with E-state index in [9.17, 15) is 0 Å². The molecule has 0 unspecified atom stereocenters. The molecule has 0 saturated heterocycles. The van der Waals surface area contributed by atoms with Gasteiger partial charge in [0.1, 0.15) is 6.04 Å². The molecule has 3 heteroatoms. The molecule has 0 aromatic carbocycles. The molecule has 2 heterocycles. The largest absolute Gasteiger partial charge is 0.279 e. The minimum Gasteiger partial charge on any atom is -0.279 e. The molecule has 0 N–H and O–H groups in total. The topological polar surface area (TPSA) is 24.7 Å². The molecule has 2 nitrogen and oxygen atoms in total. The molecule has 2 aliphatic heterocycles. The normalized spacial score (nSPS) is 27.5. The van der Waals surface area contributed by atoms with Crippen LogP contribution in [0.1, 0.15) is 6.92 Å². The maximum absolute atomic E-state index is 4.27. The number of allylic oxidation sites excluding steroid dienone is 2. The summed E-state index contributed by atoms with van der Waals surface area (Å²) in [4.78, 5) is 8.54. The Morgan fingerprint density at radius 3 is 3.09 bits per heavy atom. The van der Waals surface area contributed by atoms with Crippen LogP contribution in [0.15, 0.2) is 31.8 Å². The Balaban J connectivity index is 2.44. The van der Waals surface area contributed by atoms with E-state index in [4.69, 9.17) is 0 Å². The number of nitrogens with zero attached hydrogens (tertiary/aromatic N) is 2. The monoisotopic (exact) mass is 210 g/mol. The fraction of sp³-hybridized carbons (Fsp3) is 0.250. The van der Waals surface area contributed by atoms with E-state index in [-0.39, 0.29) is 6.04 Å². The van der Waals surface area contributed by atoms with Crippen molar-refractivity contribution in [3.63, 3.8) is 0 Å². The average Bonchev–Trinajstić information content (AvgIpc) is 2.32. The highest BCUT2D eigenvalue weighted by Crippen LogP contribution is 2.25. The van der Waals surface area contributed by atoms with Crippen molar-refractivity contribution in [1.82, 2.24) is 0 Å². The second-order valence-corrected chi connectivity index (χ2v) is 3.52. The molecule has 2 aliphatic rings.